The molecule has 7 heteroatoms. The van der Waals surface area contributed by atoms with Crippen molar-refractivity contribution in [3.8, 4) is 5.75 Å². The highest BCUT2D eigenvalue weighted by Gasteiger charge is 2.13. The van der Waals surface area contributed by atoms with Gasteiger partial charge in [0.2, 0.25) is 0 Å². The van der Waals surface area contributed by atoms with E-state index in [0.717, 1.165) is 0 Å². The SMILES string of the molecule is CCOc1ccc(NC(=O)c2cccc(C(=O)Nc3ccc(F)cc3)n2)cc1. The van der Waals surface area contributed by atoms with E-state index in [1.54, 1.807) is 30.3 Å². The molecule has 0 atom stereocenters. The summed E-state index contributed by atoms with van der Waals surface area (Å²) in [6, 6.07) is 16.9. The summed E-state index contributed by atoms with van der Waals surface area (Å²) in [5, 5.41) is 5.32. The Hall–Kier alpha value is -3.74. The zero-order chi connectivity index (χ0) is 19.9. The van der Waals surface area contributed by atoms with E-state index in [-0.39, 0.29) is 11.4 Å². The summed E-state index contributed by atoms with van der Waals surface area (Å²) in [5.74, 6) is -0.634. The van der Waals surface area contributed by atoms with Crippen LogP contribution in [0.4, 0.5) is 15.8 Å². The molecule has 142 valence electrons. The lowest BCUT2D eigenvalue weighted by molar-refractivity contribution is 0.101. The number of ether oxygens (including phenoxy) is 1. The van der Waals surface area contributed by atoms with E-state index < -0.39 is 17.6 Å². The fourth-order valence-electron chi connectivity index (χ4n) is 2.41. The molecule has 0 fully saturated rings. The lowest BCUT2D eigenvalue weighted by Gasteiger charge is -2.08. The number of hydrogen-bond donors (Lipinski definition) is 2. The normalized spacial score (nSPS) is 10.2. The highest BCUT2D eigenvalue weighted by molar-refractivity contribution is 6.06. The average Bonchev–Trinajstić information content (AvgIpc) is 2.71. The van der Waals surface area contributed by atoms with Gasteiger partial charge in [-0.25, -0.2) is 9.37 Å². The number of anilines is 2. The van der Waals surface area contributed by atoms with Crippen LogP contribution in [0, 0.1) is 5.82 Å². The number of amides is 2. The van der Waals surface area contributed by atoms with Crippen LogP contribution in [0.3, 0.4) is 0 Å². The number of halogens is 1. The number of aromatic nitrogens is 1. The van der Waals surface area contributed by atoms with Crippen LogP contribution >= 0.6 is 0 Å². The third-order valence-electron chi connectivity index (χ3n) is 3.74. The molecule has 0 bridgehead atoms. The van der Waals surface area contributed by atoms with Crippen molar-refractivity contribution in [1.29, 1.82) is 0 Å². The van der Waals surface area contributed by atoms with E-state index in [4.69, 9.17) is 4.74 Å². The molecule has 2 aromatic carbocycles. The predicted octanol–water partition coefficient (Wildman–Crippen LogP) is 4.12. The Morgan fingerprint density at radius 2 is 1.36 bits per heavy atom. The molecule has 0 aliphatic heterocycles. The minimum absolute atomic E-state index is 0.0728. The van der Waals surface area contributed by atoms with Gasteiger partial charge in [0.25, 0.3) is 11.8 Å². The summed E-state index contributed by atoms with van der Waals surface area (Å²) in [4.78, 5) is 28.8. The van der Waals surface area contributed by atoms with Crippen molar-refractivity contribution >= 4 is 23.2 Å². The van der Waals surface area contributed by atoms with Crippen LogP contribution in [-0.2, 0) is 0 Å². The molecule has 2 amide bonds. The highest BCUT2D eigenvalue weighted by Crippen LogP contribution is 2.16. The first-order valence-corrected chi connectivity index (χ1v) is 8.63. The Morgan fingerprint density at radius 1 is 0.857 bits per heavy atom. The fraction of sp³-hybridized carbons (Fsp3) is 0.0952. The van der Waals surface area contributed by atoms with Crippen LogP contribution in [0.2, 0.25) is 0 Å². The third kappa shape index (κ3) is 4.91. The van der Waals surface area contributed by atoms with E-state index in [1.165, 1.54) is 36.4 Å². The lowest BCUT2D eigenvalue weighted by atomic mass is 10.2. The molecule has 2 N–H and O–H groups in total. The number of pyridine rings is 1. The van der Waals surface area contributed by atoms with Gasteiger partial charge in [0.15, 0.2) is 0 Å². The van der Waals surface area contributed by atoms with Crippen molar-refractivity contribution in [2.75, 3.05) is 17.2 Å². The Balaban J connectivity index is 1.68. The van der Waals surface area contributed by atoms with E-state index in [2.05, 4.69) is 15.6 Å². The minimum Gasteiger partial charge on any atom is -0.494 e. The number of benzene rings is 2. The molecular formula is C21H18FN3O3. The van der Waals surface area contributed by atoms with Gasteiger partial charge in [-0.3, -0.25) is 9.59 Å². The van der Waals surface area contributed by atoms with E-state index in [0.29, 0.717) is 23.7 Å². The summed E-state index contributed by atoms with van der Waals surface area (Å²) >= 11 is 0. The first-order valence-electron chi connectivity index (χ1n) is 8.63. The molecule has 0 aliphatic rings. The molecule has 0 unspecified atom stereocenters. The molecule has 1 aromatic heterocycles. The molecule has 0 aliphatic carbocycles. The van der Waals surface area contributed by atoms with Crippen molar-refractivity contribution in [2.45, 2.75) is 6.92 Å². The van der Waals surface area contributed by atoms with Crippen LogP contribution < -0.4 is 15.4 Å². The number of rotatable bonds is 6. The quantitative estimate of drug-likeness (QED) is 0.675. The molecule has 1 heterocycles. The predicted molar refractivity (Wildman–Crippen MR) is 104 cm³/mol. The number of carbonyl (C=O) groups excluding carboxylic acids is 2. The summed E-state index contributed by atoms with van der Waals surface area (Å²) in [6.07, 6.45) is 0. The van der Waals surface area contributed by atoms with Gasteiger partial charge in [-0.15, -0.1) is 0 Å². The smallest absolute Gasteiger partial charge is 0.274 e. The second-order valence-electron chi connectivity index (χ2n) is 5.78. The molecule has 0 radical (unpaired) electrons. The zero-order valence-electron chi connectivity index (χ0n) is 15.1. The number of hydrogen-bond acceptors (Lipinski definition) is 4. The van der Waals surface area contributed by atoms with Crippen LogP contribution in [-0.4, -0.2) is 23.4 Å². The largest absolute Gasteiger partial charge is 0.494 e. The van der Waals surface area contributed by atoms with Crippen molar-refractivity contribution in [3.05, 3.63) is 83.9 Å². The Morgan fingerprint density at radius 3 is 1.86 bits per heavy atom. The molecular weight excluding hydrogens is 361 g/mol. The molecule has 0 spiro atoms. The lowest BCUT2D eigenvalue weighted by Crippen LogP contribution is -2.18. The van der Waals surface area contributed by atoms with Gasteiger partial charge >= 0.3 is 0 Å². The summed E-state index contributed by atoms with van der Waals surface area (Å²) in [5.41, 5.74) is 1.18. The minimum atomic E-state index is -0.498. The Kier molecular flexibility index (Phi) is 5.96. The Bertz CT molecular complexity index is 973. The summed E-state index contributed by atoms with van der Waals surface area (Å²) in [7, 11) is 0. The summed E-state index contributed by atoms with van der Waals surface area (Å²) < 4.78 is 18.3. The maximum absolute atomic E-state index is 13.0. The van der Waals surface area contributed by atoms with Gasteiger partial charge in [0, 0.05) is 11.4 Å². The first-order chi connectivity index (χ1) is 13.5. The summed E-state index contributed by atoms with van der Waals surface area (Å²) in [6.45, 7) is 2.45. The maximum atomic E-state index is 13.0. The van der Waals surface area contributed by atoms with Gasteiger partial charge in [-0.05, 0) is 67.6 Å². The third-order valence-corrected chi connectivity index (χ3v) is 3.74. The first kappa shape index (κ1) is 19.0. The van der Waals surface area contributed by atoms with Crippen LogP contribution in [0.15, 0.2) is 66.7 Å². The highest BCUT2D eigenvalue weighted by atomic mass is 19.1. The fourth-order valence-corrected chi connectivity index (χ4v) is 2.41. The van der Waals surface area contributed by atoms with Crippen LogP contribution in [0.5, 0.6) is 5.75 Å². The second kappa shape index (κ2) is 8.77. The van der Waals surface area contributed by atoms with Crippen molar-refractivity contribution < 1.29 is 18.7 Å². The molecule has 0 saturated carbocycles. The maximum Gasteiger partial charge on any atom is 0.274 e. The number of carbonyl (C=O) groups is 2. The average molecular weight is 379 g/mol. The van der Waals surface area contributed by atoms with Crippen molar-refractivity contribution in [1.82, 2.24) is 4.98 Å². The van der Waals surface area contributed by atoms with Gasteiger partial charge in [0.05, 0.1) is 6.61 Å². The topological polar surface area (TPSA) is 80.3 Å². The molecule has 6 nitrogen and oxygen atoms in total. The van der Waals surface area contributed by atoms with Gasteiger partial charge in [0.1, 0.15) is 23.0 Å². The molecule has 3 rings (SSSR count). The van der Waals surface area contributed by atoms with Crippen LogP contribution in [0.25, 0.3) is 0 Å². The number of nitrogens with zero attached hydrogens (tertiary/aromatic N) is 1. The van der Waals surface area contributed by atoms with Gasteiger partial charge in [-0.2, -0.15) is 0 Å². The zero-order valence-corrected chi connectivity index (χ0v) is 15.1. The number of nitrogens with one attached hydrogen (secondary N) is 2. The monoisotopic (exact) mass is 379 g/mol. The van der Waals surface area contributed by atoms with E-state index in [1.807, 2.05) is 6.92 Å². The van der Waals surface area contributed by atoms with Gasteiger partial charge < -0.3 is 15.4 Å². The second-order valence-corrected chi connectivity index (χ2v) is 5.78. The molecule has 3 aromatic rings. The van der Waals surface area contributed by atoms with E-state index in [9.17, 15) is 14.0 Å². The molecule has 0 saturated heterocycles. The van der Waals surface area contributed by atoms with Gasteiger partial charge in [-0.1, -0.05) is 6.07 Å². The molecule has 28 heavy (non-hydrogen) atoms. The van der Waals surface area contributed by atoms with Crippen molar-refractivity contribution in [2.24, 2.45) is 0 Å². The standard InChI is InChI=1S/C21H18FN3O3/c1-2-28-17-12-10-16(11-13-17)24-21(27)19-5-3-4-18(25-19)20(26)23-15-8-6-14(22)7-9-15/h3-13H,2H2,1H3,(H,23,26)(H,24,27). The van der Waals surface area contributed by atoms with Crippen LogP contribution in [0.1, 0.15) is 27.9 Å². The van der Waals surface area contributed by atoms with Crippen molar-refractivity contribution in [3.63, 3.8) is 0 Å². The Labute approximate surface area is 161 Å². The van der Waals surface area contributed by atoms with E-state index >= 15 is 0 Å².